The quantitative estimate of drug-likeness (QED) is 0.454. The number of carbonyl (C=O) groups is 1. The van der Waals surface area contributed by atoms with Gasteiger partial charge >= 0.3 is 0 Å². The highest BCUT2D eigenvalue weighted by Crippen LogP contribution is 2.29. The average Bonchev–Trinajstić information content (AvgIpc) is 3.21. The summed E-state index contributed by atoms with van der Waals surface area (Å²) >= 11 is 0. The molecule has 4 aromatic rings. The van der Waals surface area contributed by atoms with Gasteiger partial charge in [0.15, 0.2) is 17.6 Å². The molecule has 2 aromatic heterocycles. The third-order valence-corrected chi connectivity index (χ3v) is 3.55. The predicted octanol–water partition coefficient (Wildman–Crippen LogP) is 4.15. The van der Waals surface area contributed by atoms with Crippen molar-refractivity contribution in [2.45, 2.75) is 0 Å². The minimum Gasteiger partial charge on any atom is -0.453 e. The number of oxazole rings is 1. The summed E-state index contributed by atoms with van der Waals surface area (Å²) in [6, 6.07) is 16.3. The van der Waals surface area contributed by atoms with Gasteiger partial charge in [0.2, 0.25) is 5.89 Å². The summed E-state index contributed by atoms with van der Waals surface area (Å²) in [5.41, 5.74) is 9.47. The van der Waals surface area contributed by atoms with Crippen LogP contribution in [0.5, 0.6) is 0 Å². The van der Waals surface area contributed by atoms with Gasteiger partial charge in [-0.1, -0.05) is 12.1 Å². The van der Waals surface area contributed by atoms with Gasteiger partial charge in [-0.2, -0.15) is 0 Å². The van der Waals surface area contributed by atoms with Gasteiger partial charge in [-0.25, -0.2) is 4.98 Å². The highest BCUT2D eigenvalue weighted by Gasteiger charge is 2.11. The van der Waals surface area contributed by atoms with Crippen molar-refractivity contribution in [3.05, 3.63) is 60.4 Å². The molecule has 0 unspecified atom stereocenters. The maximum absolute atomic E-state index is 10.7. The summed E-state index contributed by atoms with van der Waals surface area (Å²) in [6.07, 6.45) is 0.679. The number of anilines is 1. The number of fused-ring (bicyclic) bond motifs is 1. The van der Waals surface area contributed by atoms with Crippen molar-refractivity contribution in [2.24, 2.45) is 0 Å². The Bertz CT molecular complexity index is 1010. The normalized spacial score (nSPS) is 11.0. The van der Waals surface area contributed by atoms with Crippen LogP contribution in [0.1, 0.15) is 10.6 Å². The second-order valence-electron chi connectivity index (χ2n) is 5.15. The van der Waals surface area contributed by atoms with Crippen LogP contribution in [0.15, 0.2) is 63.4 Å². The van der Waals surface area contributed by atoms with E-state index >= 15 is 0 Å². The van der Waals surface area contributed by atoms with Crippen LogP contribution in [0.3, 0.4) is 0 Å². The Hall–Kier alpha value is -3.34. The highest BCUT2D eigenvalue weighted by molar-refractivity contribution is 5.80. The van der Waals surface area contributed by atoms with E-state index in [-0.39, 0.29) is 0 Å². The lowest BCUT2D eigenvalue weighted by atomic mass is 10.1. The molecule has 4 rings (SSSR count). The molecule has 112 valence electrons. The SMILES string of the molecule is Nc1ccc2oc(-c3cccc(-c4ccc(C=O)o4)c3)nc2c1. The molecule has 0 spiro atoms. The Morgan fingerprint density at radius 3 is 2.65 bits per heavy atom. The van der Waals surface area contributed by atoms with E-state index in [9.17, 15) is 4.79 Å². The summed E-state index contributed by atoms with van der Waals surface area (Å²) in [7, 11) is 0. The van der Waals surface area contributed by atoms with Gasteiger partial charge in [-0.15, -0.1) is 0 Å². The standard InChI is InChI=1S/C18H12N2O3/c19-13-4-6-17-15(9-13)20-18(23-17)12-3-1-2-11(8-12)16-7-5-14(10-21)22-16/h1-10H,19H2. The summed E-state index contributed by atoms with van der Waals surface area (Å²) in [4.78, 5) is 15.2. The molecule has 23 heavy (non-hydrogen) atoms. The number of nitrogens with zero attached hydrogens (tertiary/aromatic N) is 1. The first kappa shape index (κ1) is 13.3. The van der Waals surface area contributed by atoms with Crippen LogP contribution < -0.4 is 5.73 Å². The summed E-state index contributed by atoms with van der Waals surface area (Å²) in [5.74, 6) is 1.42. The van der Waals surface area contributed by atoms with Crippen LogP contribution in [0.4, 0.5) is 5.69 Å². The van der Waals surface area contributed by atoms with Crippen molar-refractivity contribution in [3.8, 4) is 22.8 Å². The molecular formula is C18H12N2O3. The van der Waals surface area contributed by atoms with E-state index in [1.807, 2.05) is 24.3 Å². The van der Waals surface area contributed by atoms with Crippen LogP contribution in [0, 0.1) is 0 Å². The van der Waals surface area contributed by atoms with Crippen molar-refractivity contribution < 1.29 is 13.6 Å². The Morgan fingerprint density at radius 1 is 0.957 bits per heavy atom. The van der Waals surface area contributed by atoms with Crippen molar-refractivity contribution in [1.82, 2.24) is 4.98 Å². The van der Waals surface area contributed by atoms with Crippen molar-refractivity contribution in [2.75, 3.05) is 5.73 Å². The van der Waals surface area contributed by atoms with Gasteiger partial charge in [-0.05, 0) is 42.5 Å². The topological polar surface area (TPSA) is 82.3 Å². The lowest BCUT2D eigenvalue weighted by Crippen LogP contribution is -1.82. The van der Waals surface area contributed by atoms with E-state index in [0.717, 1.165) is 11.1 Å². The van der Waals surface area contributed by atoms with Gasteiger partial charge < -0.3 is 14.6 Å². The molecule has 5 nitrogen and oxygen atoms in total. The molecule has 0 fully saturated rings. The van der Waals surface area contributed by atoms with E-state index in [1.165, 1.54) is 0 Å². The maximum Gasteiger partial charge on any atom is 0.227 e. The molecule has 0 radical (unpaired) electrons. The number of benzene rings is 2. The molecule has 0 aliphatic rings. The summed E-state index contributed by atoms with van der Waals surface area (Å²) in [6.45, 7) is 0. The van der Waals surface area contributed by atoms with Gasteiger partial charge in [0.25, 0.3) is 0 Å². The van der Waals surface area contributed by atoms with Crippen molar-refractivity contribution in [1.29, 1.82) is 0 Å². The van der Waals surface area contributed by atoms with Crippen LogP contribution in [-0.4, -0.2) is 11.3 Å². The fourth-order valence-corrected chi connectivity index (χ4v) is 2.44. The molecule has 0 saturated carbocycles. The van der Waals surface area contributed by atoms with E-state index in [1.54, 1.807) is 30.3 Å². The summed E-state index contributed by atoms with van der Waals surface area (Å²) < 4.78 is 11.2. The highest BCUT2D eigenvalue weighted by atomic mass is 16.4. The zero-order chi connectivity index (χ0) is 15.8. The Balaban J connectivity index is 1.78. The number of hydrogen-bond donors (Lipinski definition) is 1. The number of carbonyl (C=O) groups excluding carboxylic acids is 1. The Morgan fingerprint density at radius 2 is 1.83 bits per heavy atom. The zero-order valence-electron chi connectivity index (χ0n) is 12.0. The number of nitrogens with two attached hydrogens (primary N) is 1. The zero-order valence-corrected chi connectivity index (χ0v) is 12.0. The van der Waals surface area contributed by atoms with E-state index in [2.05, 4.69) is 4.98 Å². The van der Waals surface area contributed by atoms with Crippen LogP contribution in [0.25, 0.3) is 33.9 Å². The Labute approximate surface area is 131 Å². The van der Waals surface area contributed by atoms with Crippen LogP contribution in [-0.2, 0) is 0 Å². The molecule has 2 heterocycles. The number of aldehydes is 1. The number of furan rings is 1. The number of hydrogen-bond acceptors (Lipinski definition) is 5. The third-order valence-electron chi connectivity index (χ3n) is 3.55. The first-order valence-corrected chi connectivity index (χ1v) is 7.05. The minimum absolute atomic E-state index is 0.294. The van der Waals surface area contributed by atoms with Crippen LogP contribution >= 0.6 is 0 Å². The lowest BCUT2D eigenvalue weighted by Gasteiger charge is -1.99. The molecule has 0 aliphatic carbocycles. The van der Waals surface area contributed by atoms with Crippen molar-refractivity contribution in [3.63, 3.8) is 0 Å². The molecule has 0 atom stereocenters. The molecule has 5 heteroatoms. The molecule has 0 aliphatic heterocycles. The smallest absolute Gasteiger partial charge is 0.227 e. The van der Waals surface area contributed by atoms with Gasteiger partial charge in [0.1, 0.15) is 11.3 Å². The second-order valence-corrected chi connectivity index (χ2v) is 5.15. The minimum atomic E-state index is 0.294. The average molecular weight is 304 g/mol. The van der Waals surface area contributed by atoms with Crippen LogP contribution in [0.2, 0.25) is 0 Å². The molecule has 0 amide bonds. The monoisotopic (exact) mass is 304 g/mol. The van der Waals surface area contributed by atoms with E-state index < -0.39 is 0 Å². The third kappa shape index (κ3) is 2.38. The molecular weight excluding hydrogens is 292 g/mol. The van der Waals surface area contributed by atoms with Gasteiger partial charge in [0.05, 0.1) is 0 Å². The Kier molecular flexibility index (Phi) is 2.98. The van der Waals surface area contributed by atoms with Gasteiger partial charge in [-0.3, -0.25) is 4.79 Å². The van der Waals surface area contributed by atoms with Crippen molar-refractivity contribution >= 4 is 23.1 Å². The van der Waals surface area contributed by atoms with E-state index in [0.29, 0.717) is 40.5 Å². The predicted molar refractivity (Wildman–Crippen MR) is 86.9 cm³/mol. The molecule has 0 bridgehead atoms. The first-order valence-electron chi connectivity index (χ1n) is 7.05. The first-order chi connectivity index (χ1) is 11.2. The summed E-state index contributed by atoms with van der Waals surface area (Å²) in [5, 5.41) is 0. The molecule has 2 N–H and O–H groups in total. The molecule has 0 saturated heterocycles. The van der Waals surface area contributed by atoms with E-state index in [4.69, 9.17) is 14.6 Å². The fourth-order valence-electron chi connectivity index (χ4n) is 2.44. The number of nitrogen functional groups attached to an aromatic ring is 1. The molecule has 2 aromatic carbocycles. The lowest BCUT2D eigenvalue weighted by molar-refractivity contribution is 0.110. The second kappa shape index (κ2) is 5.14. The fraction of sp³-hybridized carbons (Fsp3) is 0. The van der Waals surface area contributed by atoms with Gasteiger partial charge in [0, 0.05) is 16.8 Å². The number of aromatic nitrogens is 1. The maximum atomic E-state index is 10.7. The largest absolute Gasteiger partial charge is 0.453 e. The number of rotatable bonds is 3.